The van der Waals surface area contributed by atoms with Gasteiger partial charge in [0.25, 0.3) is 0 Å². The number of nitrogens with zero attached hydrogens (tertiary/aromatic N) is 1. The van der Waals surface area contributed by atoms with E-state index in [4.69, 9.17) is 15.9 Å². The molecule has 7 heteroatoms. The van der Waals surface area contributed by atoms with Crippen molar-refractivity contribution in [3.63, 3.8) is 0 Å². The highest BCUT2D eigenvalue weighted by atomic mass is 16.6. The Labute approximate surface area is 154 Å². The van der Waals surface area contributed by atoms with Crippen molar-refractivity contribution in [2.75, 3.05) is 0 Å². The minimum Gasteiger partial charge on any atom is -0.444 e. The molecular weight excluding hydrogens is 334 g/mol. The van der Waals surface area contributed by atoms with E-state index in [9.17, 15) is 9.59 Å². The van der Waals surface area contributed by atoms with Crippen molar-refractivity contribution in [1.29, 1.82) is 0 Å². The smallest absolute Gasteiger partial charge is 0.414 e. The predicted molar refractivity (Wildman–Crippen MR) is 100 cm³/mol. The van der Waals surface area contributed by atoms with E-state index in [1.165, 1.54) is 0 Å². The molecular formula is C19H25N3O4. The lowest BCUT2D eigenvalue weighted by Crippen LogP contribution is -2.47. The molecule has 1 rings (SSSR count). The lowest BCUT2D eigenvalue weighted by atomic mass is 10.2. The largest absolute Gasteiger partial charge is 0.444 e. The summed E-state index contributed by atoms with van der Waals surface area (Å²) in [5, 5.41) is 4.80. The Hall–Kier alpha value is -3.01. The molecule has 2 N–H and O–H groups in total. The maximum absolute atomic E-state index is 12.0. The van der Waals surface area contributed by atoms with Crippen LogP contribution in [0.3, 0.4) is 0 Å². The van der Waals surface area contributed by atoms with Gasteiger partial charge < -0.3 is 9.47 Å². The number of guanidine groups is 1. The van der Waals surface area contributed by atoms with E-state index in [1.54, 1.807) is 65.8 Å². The number of hydrogen-bond acceptors (Lipinski definition) is 5. The first-order valence-corrected chi connectivity index (χ1v) is 8.04. The van der Waals surface area contributed by atoms with Crippen LogP contribution < -0.4 is 10.6 Å². The third-order valence-electron chi connectivity index (χ3n) is 2.53. The van der Waals surface area contributed by atoms with Crippen LogP contribution >= 0.6 is 0 Å². The van der Waals surface area contributed by atoms with E-state index in [2.05, 4.69) is 21.5 Å². The predicted octanol–water partition coefficient (Wildman–Crippen LogP) is 3.70. The summed E-state index contributed by atoms with van der Waals surface area (Å²) in [7, 11) is 0. The quantitative estimate of drug-likeness (QED) is 0.454. The third-order valence-corrected chi connectivity index (χ3v) is 2.53. The van der Waals surface area contributed by atoms with Crippen molar-refractivity contribution >= 4 is 23.8 Å². The molecule has 1 aromatic rings. The molecule has 0 aliphatic rings. The Morgan fingerprint density at radius 1 is 0.962 bits per heavy atom. The molecule has 26 heavy (non-hydrogen) atoms. The molecule has 0 bridgehead atoms. The van der Waals surface area contributed by atoms with E-state index >= 15 is 0 Å². The van der Waals surface area contributed by atoms with Gasteiger partial charge in [0.2, 0.25) is 5.96 Å². The fourth-order valence-electron chi connectivity index (χ4n) is 1.70. The van der Waals surface area contributed by atoms with E-state index < -0.39 is 23.4 Å². The molecule has 7 nitrogen and oxygen atoms in total. The number of alkyl carbamates (subject to hydrolysis) is 2. The molecule has 0 aromatic heterocycles. The second-order valence-electron chi connectivity index (χ2n) is 7.38. The maximum Gasteiger partial charge on any atom is 0.414 e. The number of para-hydroxylation sites is 1. The number of carbonyl (C=O) groups is 2. The van der Waals surface area contributed by atoms with Crippen molar-refractivity contribution in [1.82, 2.24) is 10.6 Å². The molecule has 0 saturated carbocycles. The molecule has 0 heterocycles. The number of aliphatic imine (C=N–C) groups is 1. The van der Waals surface area contributed by atoms with Crippen molar-refractivity contribution in [2.24, 2.45) is 4.99 Å². The fraction of sp³-hybridized carbons (Fsp3) is 0.421. The maximum atomic E-state index is 12.0. The number of nitrogens with one attached hydrogen (secondary N) is 2. The van der Waals surface area contributed by atoms with E-state index in [1.807, 2.05) is 0 Å². The zero-order valence-corrected chi connectivity index (χ0v) is 16.0. The van der Waals surface area contributed by atoms with E-state index in [-0.39, 0.29) is 5.96 Å². The fourth-order valence-corrected chi connectivity index (χ4v) is 1.70. The molecule has 0 atom stereocenters. The summed E-state index contributed by atoms with van der Waals surface area (Å²) in [4.78, 5) is 28.3. The molecule has 0 spiro atoms. The Morgan fingerprint density at radius 2 is 1.42 bits per heavy atom. The van der Waals surface area contributed by atoms with Gasteiger partial charge in [-0.05, 0) is 53.7 Å². The zero-order valence-electron chi connectivity index (χ0n) is 16.0. The van der Waals surface area contributed by atoms with Gasteiger partial charge in [-0.15, -0.1) is 6.42 Å². The van der Waals surface area contributed by atoms with Gasteiger partial charge in [0.15, 0.2) is 0 Å². The summed E-state index contributed by atoms with van der Waals surface area (Å²) >= 11 is 0. The molecule has 0 unspecified atom stereocenters. The van der Waals surface area contributed by atoms with Crippen molar-refractivity contribution in [3.8, 4) is 12.3 Å². The van der Waals surface area contributed by atoms with Gasteiger partial charge in [0, 0.05) is 0 Å². The van der Waals surface area contributed by atoms with Crippen molar-refractivity contribution < 1.29 is 19.1 Å². The first kappa shape index (κ1) is 21.0. The van der Waals surface area contributed by atoms with Gasteiger partial charge in [-0.25, -0.2) is 14.6 Å². The summed E-state index contributed by atoms with van der Waals surface area (Å²) in [5.74, 6) is 2.33. The average molecular weight is 359 g/mol. The number of rotatable bonds is 1. The lowest BCUT2D eigenvalue weighted by molar-refractivity contribution is 0.0545. The van der Waals surface area contributed by atoms with E-state index in [0.29, 0.717) is 11.3 Å². The summed E-state index contributed by atoms with van der Waals surface area (Å²) < 4.78 is 10.4. The van der Waals surface area contributed by atoms with Gasteiger partial charge >= 0.3 is 12.2 Å². The van der Waals surface area contributed by atoms with Crippen molar-refractivity contribution in [3.05, 3.63) is 29.8 Å². The lowest BCUT2D eigenvalue weighted by Gasteiger charge is -2.22. The summed E-state index contributed by atoms with van der Waals surface area (Å²) in [6.45, 7) is 10.3. The zero-order chi connectivity index (χ0) is 20.0. The number of benzene rings is 1. The first-order chi connectivity index (χ1) is 11.9. The first-order valence-electron chi connectivity index (χ1n) is 8.04. The minimum atomic E-state index is -0.773. The molecule has 1 aromatic carbocycles. The summed E-state index contributed by atoms with van der Waals surface area (Å²) in [6, 6.07) is 6.84. The van der Waals surface area contributed by atoms with Crippen LogP contribution in [0.5, 0.6) is 0 Å². The molecule has 0 fully saturated rings. The van der Waals surface area contributed by atoms with Gasteiger partial charge in [-0.1, -0.05) is 18.1 Å². The van der Waals surface area contributed by atoms with Crippen LogP contribution in [0.25, 0.3) is 0 Å². The SMILES string of the molecule is C#Cc1ccccc1N=C(NC(=O)OC(C)(C)C)NC(=O)OC(C)(C)C. The van der Waals surface area contributed by atoms with Crippen LogP contribution in [0.1, 0.15) is 47.1 Å². The van der Waals surface area contributed by atoms with Crippen LogP contribution in [-0.2, 0) is 9.47 Å². The topological polar surface area (TPSA) is 89.0 Å². The molecule has 2 amide bonds. The van der Waals surface area contributed by atoms with Crippen LogP contribution in [0, 0.1) is 12.3 Å². The highest BCUT2D eigenvalue weighted by molar-refractivity contribution is 6.02. The van der Waals surface area contributed by atoms with Gasteiger partial charge in [-0.2, -0.15) is 0 Å². The number of carbonyl (C=O) groups excluding carboxylic acids is 2. The second-order valence-corrected chi connectivity index (χ2v) is 7.38. The second kappa shape index (κ2) is 8.39. The van der Waals surface area contributed by atoms with E-state index in [0.717, 1.165) is 0 Å². The molecule has 140 valence electrons. The normalized spacial score (nSPS) is 11.0. The van der Waals surface area contributed by atoms with Gasteiger partial charge in [0.1, 0.15) is 11.2 Å². The van der Waals surface area contributed by atoms with Crippen LogP contribution in [0.15, 0.2) is 29.3 Å². The molecule has 0 aliphatic heterocycles. The van der Waals surface area contributed by atoms with Crippen LogP contribution in [0.2, 0.25) is 0 Å². The molecule has 0 radical (unpaired) electrons. The highest BCUT2D eigenvalue weighted by Gasteiger charge is 2.21. The van der Waals surface area contributed by atoms with Crippen LogP contribution in [-0.4, -0.2) is 29.3 Å². The number of ether oxygens (including phenoxy) is 2. The Balaban J connectivity index is 3.09. The monoisotopic (exact) mass is 359 g/mol. The highest BCUT2D eigenvalue weighted by Crippen LogP contribution is 2.17. The van der Waals surface area contributed by atoms with Crippen LogP contribution in [0.4, 0.5) is 15.3 Å². The molecule has 0 saturated heterocycles. The Morgan fingerprint density at radius 3 is 1.85 bits per heavy atom. The summed E-state index contributed by atoms with van der Waals surface area (Å²) in [5.41, 5.74) is -0.519. The third kappa shape index (κ3) is 8.20. The molecule has 0 aliphatic carbocycles. The standard InChI is InChI=1S/C19H25N3O4/c1-8-13-11-9-10-12-14(13)20-15(21-16(23)25-18(2,3)4)22-17(24)26-19(5,6)7/h1,9-12H,2-7H3,(H2,20,21,22,23,24). The average Bonchev–Trinajstić information content (AvgIpc) is 2.43. The number of amides is 2. The van der Waals surface area contributed by atoms with Gasteiger partial charge in [-0.3, -0.25) is 10.6 Å². The van der Waals surface area contributed by atoms with Crippen molar-refractivity contribution in [2.45, 2.75) is 52.7 Å². The number of hydrogen-bond donors (Lipinski definition) is 2. The summed E-state index contributed by atoms with van der Waals surface area (Å²) in [6.07, 6.45) is 3.91. The minimum absolute atomic E-state index is 0.156. The van der Waals surface area contributed by atoms with Gasteiger partial charge in [0.05, 0.1) is 11.3 Å². The number of terminal acetylenes is 1. The Bertz CT molecular complexity index is 702. The Kier molecular flexibility index (Phi) is 6.78.